The number of para-hydroxylation sites is 2. The highest BCUT2D eigenvalue weighted by Gasteiger charge is 2.05. The van der Waals surface area contributed by atoms with E-state index in [1.54, 1.807) is 7.11 Å². The van der Waals surface area contributed by atoms with Crippen molar-refractivity contribution in [3.63, 3.8) is 0 Å². The van der Waals surface area contributed by atoms with Gasteiger partial charge in [-0.2, -0.15) is 0 Å². The van der Waals surface area contributed by atoms with Crippen molar-refractivity contribution in [1.29, 1.82) is 0 Å². The Morgan fingerprint density at radius 3 is 2.50 bits per heavy atom. The van der Waals surface area contributed by atoms with E-state index in [0.29, 0.717) is 12.5 Å². The van der Waals surface area contributed by atoms with Crippen molar-refractivity contribution in [2.24, 2.45) is 5.92 Å². The standard InChI is InChI=1S/C11H15BrO2/c1-9(7-12)8-14-11-6-4-3-5-10(11)13-2/h3-6,9H,7-8H2,1-2H3. The number of rotatable bonds is 5. The van der Waals surface area contributed by atoms with Crippen LogP contribution in [0.4, 0.5) is 0 Å². The Kier molecular flexibility index (Phi) is 4.80. The maximum absolute atomic E-state index is 5.63. The summed E-state index contributed by atoms with van der Waals surface area (Å²) in [6, 6.07) is 7.68. The number of ether oxygens (including phenoxy) is 2. The van der Waals surface area contributed by atoms with Crippen LogP contribution in [-0.2, 0) is 0 Å². The lowest BCUT2D eigenvalue weighted by atomic mass is 10.2. The van der Waals surface area contributed by atoms with E-state index < -0.39 is 0 Å². The molecule has 0 heterocycles. The first-order valence-corrected chi connectivity index (χ1v) is 5.72. The molecular formula is C11H15BrO2. The predicted molar refractivity (Wildman–Crippen MR) is 61.4 cm³/mol. The maximum Gasteiger partial charge on any atom is 0.161 e. The number of benzene rings is 1. The molecular weight excluding hydrogens is 244 g/mol. The highest BCUT2D eigenvalue weighted by molar-refractivity contribution is 9.09. The molecule has 14 heavy (non-hydrogen) atoms. The second-order valence-electron chi connectivity index (χ2n) is 3.22. The van der Waals surface area contributed by atoms with Crippen LogP contribution in [0.15, 0.2) is 24.3 Å². The molecule has 0 aliphatic carbocycles. The van der Waals surface area contributed by atoms with E-state index in [9.17, 15) is 0 Å². The molecule has 0 spiro atoms. The van der Waals surface area contributed by atoms with Crippen LogP contribution >= 0.6 is 15.9 Å². The molecule has 0 bridgehead atoms. The second-order valence-corrected chi connectivity index (χ2v) is 3.87. The largest absolute Gasteiger partial charge is 0.493 e. The molecule has 3 heteroatoms. The van der Waals surface area contributed by atoms with Gasteiger partial charge in [0.05, 0.1) is 13.7 Å². The topological polar surface area (TPSA) is 18.5 Å². The van der Waals surface area contributed by atoms with Crippen molar-refractivity contribution in [2.75, 3.05) is 19.0 Å². The van der Waals surface area contributed by atoms with E-state index in [0.717, 1.165) is 16.8 Å². The predicted octanol–water partition coefficient (Wildman–Crippen LogP) is 3.11. The molecule has 78 valence electrons. The molecule has 0 radical (unpaired) electrons. The van der Waals surface area contributed by atoms with Crippen molar-refractivity contribution in [3.8, 4) is 11.5 Å². The van der Waals surface area contributed by atoms with E-state index in [2.05, 4.69) is 22.9 Å². The zero-order chi connectivity index (χ0) is 10.4. The molecule has 0 N–H and O–H groups in total. The lowest BCUT2D eigenvalue weighted by Crippen LogP contribution is -2.09. The third kappa shape index (κ3) is 3.22. The van der Waals surface area contributed by atoms with Gasteiger partial charge in [0.15, 0.2) is 11.5 Å². The molecule has 2 nitrogen and oxygen atoms in total. The third-order valence-electron chi connectivity index (χ3n) is 1.86. The van der Waals surface area contributed by atoms with E-state index >= 15 is 0 Å². The second kappa shape index (κ2) is 5.91. The van der Waals surface area contributed by atoms with Gasteiger partial charge in [0, 0.05) is 5.33 Å². The minimum atomic E-state index is 0.500. The van der Waals surface area contributed by atoms with Gasteiger partial charge in [-0.3, -0.25) is 0 Å². The van der Waals surface area contributed by atoms with Crippen LogP contribution in [-0.4, -0.2) is 19.0 Å². The number of hydrogen-bond donors (Lipinski definition) is 0. The van der Waals surface area contributed by atoms with Crippen LogP contribution in [0.2, 0.25) is 0 Å². The first-order chi connectivity index (χ1) is 6.77. The minimum Gasteiger partial charge on any atom is -0.493 e. The van der Waals surface area contributed by atoms with Crippen LogP contribution in [0.3, 0.4) is 0 Å². The lowest BCUT2D eigenvalue weighted by molar-refractivity contribution is 0.259. The van der Waals surface area contributed by atoms with Gasteiger partial charge in [0.2, 0.25) is 0 Å². The molecule has 0 fully saturated rings. The first-order valence-electron chi connectivity index (χ1n) is 4.59. The number of alkyl halides is 1. The lowest BCUT2D eigenvalue weighted by Gasteiger charge is -2.12. The van der Waals surface area contributed by atoms with Crippen molar-refractivity contribution in [2.45, 2.75) is 6.92 Å². The monoisotopic (exact) mass is 258 g/mol. The van der Waals surface area contributed by atoms with Gasteiger partial charge in [0.25, 0.3) is 0 Å². The van der Waals surface area contributed by atoms with Gasteiger partial charge in [0.1, 0.15) is 0 Å². The van der Waals surface area contributed by atoms with Crippen LogP contribution in [0.5, 0.6) is 11.5 Å². The van der Waals surface area contributed by atoms with E-state index in [1.807, 2.05) is 24.3 Å². The van der Waals surface area contributed by atoms with E-state index in [4.69, 9.17) is 9.47 Å². The Morgan fingerprint density at radius 2 is 1.93 bits per heavy atom. The summed E-state index contributed by atoms with van der Waals surface area (Å²) in [6.45, 7) is 2.83. The smallest absolute Gasteiger partial charge is 0.161 e. The highest BCUT2D eigenvalue weighted by atomic mass is 79.9. The fourth-order valence-corrected chi connectivity index (χ4v) is 1.20. The molecule has 0 amide bonds. The van der Waals surface area contributed by atoms with Crippen molar-refractivity contribution in [1.82, 2.24) is 0 Å². The molecule has 1 rings (SSSR count). The Balaban J connectivity index is 2.57. The summed E-state index contributed by atoms with van der Waals surface area (Å²) in [5.41, 5.74) is 0. The number of halogens is 1. The summed E-state index contributed by atoms with van der Waals surface area (Å²) in [5, 5.41) is 0.947. The summed E-state index contributed by atoms with van der Waals surface area (Å²) in [4.78, 5) is 0. The maximum atomic E-state index is 5.63. The Hall–Kier alpha value is -0.700. The fourth-order valence-electron chi connectivity index (χ4n) is 1.01. The molecule has 1 aromatic carbocycles. The van der Waals surface area contributed by atoms with Crippen LogP contribution in [0.25, 0.3) is 0 Å². The van der Waals surface area contributed by atoms with Gasteiger partial charge < -0.3 is 9.47 Å². The zero-order valence-electron chi connectivity index (χ0n) is 8.50. The number of methoxy groups -OCH3 is 1. The van der Waals surface area contributed by atoms with Gasteiger partial charge >= 0.3 is 0 Å². The van der Waals surface area contributed by atoms with E-state index in [1.165, 1.54) is 0 Å². The summed E-state index contributed by atoms with van der Waals surface area (Å²) in [6.07, 6.45) is 0. The van der Waals surface area contributed by atoms with Gasteiger partial charge in [-0.15, -0.1) is 0 Å². The Labute approximate surface area is 93.4 Å². The highest BCUT2D eigenvalue weighted by Crippen LogP contribution is 2.26. The minimum absolute atomic E-state index is 0.500. The van der Waals surface area contributed by atoms with Crippen molar-refractivity contribution < 1.29 is 9.47 Å². The van der Waals surface area contributed by atoms with Crippen LogP contribution in [0.1, 0.15) is 6.92 Å². The molecule has 1 atom stereocenters. The normalized spacial score (nSPS) is 12.2. The molecule has 0 aliphatic rings. The van der Waals surface area contributed by atoms with Gasteiger partial charge in [-0.05, 0) is 18.1 Å². The zero-order valence-corrected chi connectivity index (χ0v) is 10.1. The average molecular weight is 259 g/mol. The average Bonchev–Trinajstić information content (AvgIpc) is 2.26. The Bertz CT molecular complexity index is 276. The molecule has 0 aromatic heterocycles. The third-order valence-corrected chi connectivity index (χ3v) is 2.96. The molecule has 0 saturated carbocycles. The fraction of sp³-hybridized carbons (Fsp3) is 0.455. The molecule has 1 aromatic rings. The van der Waals surface area contributed by atoms with Gasteiger partial charge in [-0.1, -0.05) is 35.0 Å². The van der Waals surface area contributed by atoms with Crippen LogP contribution in [0, 0.1) is 5.92 Å². The summed E-state index contributed by atoms with van der Waals surface area (Å²) in [7, 11) is 1.65. The summed E-state index contributed by atoms with van der Waals surface area (Å²) >= 11 is 3.41. The van der Waals surface area contributed by atoms with Crippen molar-refractivity contribution >= 4 is 15.9 Å². The summed E-state index contributed by atoms with van der Waals surface area (Å²) < 4.78 is 10.8. The van der Waals surface area contributed by atoms with Crippen molar-refractivity contribution in [3.05, 3.63) is 24.3 Å². The van der Waals surface area contributed by atoms with E-state index in [-0.39, 0.29) is 0 Å². The molecule has 0 saturated heterocycles. The first kappa shape index (κ1) is 11.4. The molecule has 1 unspecified atom stereocenters. The Morgan fingerprint density at radius 1 is 1.29 bits per heavy atom. The quantitative estimate of drug-likeness (QED) is 0.756. The SMILES string of the molecule is COc1ccccc1OCC(C)CBr. The van der Waals surface area contributed by atoms with Gasteiger partial charge in [-0.25, -0.2) is 0 Å². The van der Waals surface area contributed by atoms with Crippen LogP contribution < -0.4 is 9.47 Å². The summed E-state index contributed by atoms with van der Waals surface area (Å²) in [5.74, 6) is 2.09. The number of hydrogen-bond acceptors (Lipinski definition) is 2. The molecule has 0 aliphatic heterocycles.